The van der Waals surface area contributed by atoms with Crippen molar-refractivity contribution in [2.24, 2.45) is 0 Å². The Morgan fingerprint density at radius 3 is 2.53 bits per heavy atom. The standard InChI is InChI=1S/C13H23N3O3/c1-7-19-12(17)10-11(13(3,4)5)16(15-14-10)9(2)8-18-6/h9H,7-8H2,1-6H3. The largest absolute Gasteiger partial charge is 0.461 e. The lowest BCUT2D eigenvalue weighted by Crippen LogP contribution is -2.25. The molecule has 0 saturated heterocycles. The van der Waals surface area contributed by atoms with Gasteiger partial charge >= 0.3 is 5.97 Å². The maximum atomic E-state index is 11.9. The first-order valence-corrected chi connectivity index (χ1v) is 6.44. The van der Waals surface area contributed by atoms with Gasteiger partial charge in [-0.25, -0.2) is 9.48 Å². The van der Waals surface area contributed by atoms with Crippen molar-refractivity contribution in [1.29, 1.82) is 0 Å². The van der Waals surface area contributed by atoms with E-state index in [2.05, 4.69) is 10.3 Å². The molecule has 0 radical (unpaired) electrons. The highest BCUT2D eigenvalue weighted by atomic mass is 16.5. The Morgan fingerprint density at radius 2 is 2.05 bits per heavy atom. The third kappa shape index (κ3) is 3.53. The molecule has 108 valence electrons. The van der Waals surface area contributed by atoms with Crippen LogP contribution in [0.25, 0.3) is 0 Å². The minimum Gasteiger partial charge on any atom is -0.461 e. The summed E-state index contributed by atoms with van der Waals surface area (Å²) in [6, 6.07) is 0.00917. The number of carbonyl (C=O) groups is 1. The zero-order valence-corrected chi connectivity index (χ0v) is 12.6. The molecule has 1 aromatic heterocycles. The molecule has 19 heavy (non-hydrogen) atoms. The normalized spacial score (nSPS) is 13.4. The first-order valence-electron chi connectivity index (χ1n) is 6.44. The van der Waals surface area contributed by atoms with Crippen molar-refractivity contribution in [2.45, 2.75) is 46.1 Å². The average molecular weight is 269 g/mol. The Labute approximate surface area is 114 Å². The van der Waals surface area contributed by atoms with Crippen LogP contribution in [0.2, 0.25) is 0 Å². The van der Waals surface area contributed by atoms with E-state index < -0.39 is 5.97 Å². The van der Waals surface area contributed by atoms with Gasteiger partial charge in [-0.1, -0.05) is 26.0 Å². The molecule has 1 aromatic rings. The van der Waals surface area contributed by atoms with Crippen LogP contribution < -0.4 is 0 Å². The van der Waals surface area contributed by atoms with Gasteiger partial charge in [-0.05, 0) is 13.8 Å². The molecule has 1 rings (SSSR count). The average Bonchev–Trinajstić information content (AvgIpc) is 2.73. The van der Waals surface area contributed by atoms with Crippen LogP contribution in [0.3, 0.4) is 0 Å². The van der Waals surface area contributed by atoms with Gasteiger partial charge in [0.1, 0.15) is 0 Å². The number of nitrogens with zero attached hydrogens (tertiary/aromatic N) is 3. The number of rotatable bonds is 5. The predicted molar refractivity (Wildman–Crippen MR) is 71.3 cm³/mol. The maximum Gasteiger partial charge on any atom is 0.360 e. The van der Waals surface area contributed by atoms with E-state index in [0.717, 1.165) is 5.69 Å². The number of ether oxygens (including phenoxy) is 2. The topological polar surface area (TPSA) is 66.2 Å². The minimum atomic E-state index is -0.428. The first-order chi connectivity index (χ1) is 8.82. The fraction of sp³-hybridized carbons (Fsp3) is 0.769. The van der Waals surface area contributed by atoms with Crippen LogP contribution in [0.5, 0.6) is 0 Å². The highest BCUT2D eigenvalue weighted by Gasteiger charge is 2.31. The molecule has 1 atom stereocenters. The van der Waals surface area contributed by atoms with Crippen molar-refractivity contribution in [1.82, 2.24) is 15.0 Å². The summed E-state index contributed by atoms with van der Waals surface area (Å²) in [5.74, 6) is -0.428. The van der Waals surface area contributed by atoms with Crippen LogP contribution >= 0.6 is 0 Å². The van der Waals surface area contributed by atoms with Gasteiger partial charge in [0.2, 0.25) is 0 Å². The molecule has 0 aromatic carbocycles. The van der Waals surface area contributed by atoms with Crippen LogP contribution in [0.15, 0.2) is 0 Å². The molecular formula is C13H23N3O3. The SMILES string of the molecule is CCOC(=O)c1nnn(C(C)COC)c1C(C)(C)C. The second-order valence-corrected chi connectivity index (χ2v) is 5.51. The van der Waals surface area contributed by atoms with E-state index in [0.29, 0.717) is 13.2 Å². The van der Waals surface area contributed by atoms with Crippen LogP contribution in [-0.2, 0) is 14.9 Å². The summed E-state index contributed by atoms with van der Waals surface area (Å²) in [5.41, 5.74) is 0.806. The molecule has 0 aliphatic carbocycles. The monoisotopic (exact) mass is 269 g/mol. The third-order valence-corrected chi connectivity index (χ3v) is 2.70. The summed E-state index contributed by atoms with van der Waals surface area (Å²) in [4.78, 5) is 11.9. The second kappa shape index (κ2) is 6.14. The summed E-state index contributed by atoms with van der Waals surface area (Å²) >= 11 is 0. The number of hydrogen-bond donors (Lipinski definition) is 0. The van der Waals surface area contributed by atoms with Crippen molar-refractivity contribution < 1.29 is 14.3 Å². The quantitative estimate of drug-likeness (QED) is 0.764. The molecule has 0 N–H and O–H groups in total. The number of methoxy groups -OCH3 is 1. The predicted octanol–water partition coefficient (Wildman–Crippen LogP) is 1.96. The number of carbonyl (C=O) groups excluding carboxylic acids is 1. The molecule has 1 unspecified atom stereocenters. The van der Waals surface area contributed by atoms with Crippen molar-refractivity contribution in [3.63, 3.8) is 0 Å². The minimum absolute atomic E-state index is 0.00917. The van der Waals surface area contributed by atoms with Gasteiger partial charge in [0, 0.05) is 12.5 Å². The van der Waals surface area contributed by atoms with E-state index in [4.69, 9.17) is 9.47 Å². The molecule has 6 heteroatoms. The van der Waals surface area contributed by atoms with Gasteiger partial charge in [0.05, 0.1) is 24.9 Å². The van der Waals surface area contributed by atoms with E-state index in [1.807, 2.05) is 27.7 Å². The maximum absolute atomic E-state index is 11.9. The Morgan fingerprint density at radius 1 is 1.42 bits per heavy atom. The molecule has 0 amide bonds. The third-order valence-electron chi connectivity index (χ3n) is 2.70. The van der Waals surface area contributed by atoms with Crippen LogP contribution in [0, 0.1) is 0 Å². The zero-order chi connectivity index (χ0) is 14.6. The summed E-state index contributed by atoms with van der Waals surface area (Å²) < 4.78 is 11.9. The highest BCUT2D eigenvalue weighted by molar-refractivity contribution is 5.88. The van der Waals surface area contributed by atoms with E-state index in [1.54, 1.807) is 18.7 Å². The molecule has 6 nitrogen and oxygen atoms in total. The Bertz CT molecular complexity index is 435. The first kappa shape index (κ1) is 15.6. The summed E-state index contributed by atoms with van der Waals surface area (Å²) in [5, 5.41) is 8.08. The van der Waals surface area contributed by atoms with Gasteiger partial charge in [-0.2, -0.15) is 0 Å². The summed E-state index contributed by atoms with van der Waals surface area (Å²) in [6.07, 6.45) is 0. The molecule has 0 bridgehead atoms. The lowest BCUT2D eigenvalue weighted by Gasteiger charge is -2.23. The highest BCUT2D eigenvalue weighted by Crippen LogP contribution is 2.27. The van der Waals surface area contributed by atoms with Crippen molar-refractivity contribution in [3.05, 3.63) is 11.4 Å². The van der Waals surface area contributed by atoms with Gasteiger partial charge in [0.25, 0.3) is 0 Å². The van der Waals surface area contributed by atoms with Gasteiger partial charge < -0.3 is 9.47 Å². The van der Waals surface area contributed by atoms with Crippen LogP contribution in [0.4, 0.5) is 0 Å². The van der Waals surface area contributed by atoms with Crippen molar-refractivity contribution in [2.75, 3.05) is 20.3 Å². The summed E-state index contributed by atoms with van der Waals surface area (Å²) in [6.45, 7) is 10.6. The number of aromatic nitrogens is 3. The molecule has 1 heterocycles. The molecule has 0 aliphatic rings. The van der Waals surface area contributed by atoms with E-state index in [-0.39, 0.29) is 17.2 Å². The van der Waals surface area contributed by atoms with E-state index >= 15 is 0 Å². The molecule has 0 fully saturated rings. The van der Waals surface area contributed by atoms with Crippen molar-refractivity contribution >= 4 is 5.97 Å². The van der Waals surface area contributed by atoms with Crippen LogP contribution in [0.1, 0.15) is 56.8 Å². The number of hydrogen-bond acceptors (Lipinski definition) is 5. The number of esters is 1. The Hall–Kier alpha value is -1.43. The Balaban J connectivity index is 3.24. The van der Waals surface area contributed by atoms with E-state index in [9.17, 15) is 4.79 Å². The lowest BCUT2D eigenvalue weighted by atomic mass is 9.90. The molecule has 0 spiro atoms. The Kier molecular flexibility index (Phi) is 5.05. The lowest BCUT2D eigenvalue weighted by molar-refractivity contribution is 0.0516. The molecular weight excluding hydrogens is 246 g/mol. The molecule has 0 aliphatic heterocycles. The molecule has 0 saturated carbocycles. The van der Waals surface area contributed by atoms with Gasteiger partial charge in [-0.15, -0.1) is 5.10 Å². The summed E-state index contributed by atoms with van der Waals surface area (Å²) in [7, 11) is 1.64. The van der Waals surface area contributed by atoms with Crippen molar-refractivity contribution in [3.8, 4) is 0 Å². The van der Waals surface area contributed by atoms with Gasteiger partial charge in [0.15, 0.2) is 5.69 Å². The van der Waals surface area contributed by atoms with Crippen LogP contribution in [-0.4, -0.2) is 41.3 Å². The fourth-order valence-electron chi connectivity index (χ4n) is 1.95. The zero-order valence-electron chi connectivity index (χ0n) is 12.6. The van der Waals surface area contributed by atoms with Gasteiger partial charge in [-0.3, -0.25) is 0 Å². The smallest absolute Gasteiger partial charge is 0.360 e. The fourth-order valence-corrected chi connectivity index (χ4v) is 1.95. The van der Waals surface area contributed by atoms with E-state index in [1.165, 1.54) is 0 Å². The second-order valence-electron chi connectivity index (χ2n) is 5.51.